The van der Waals surface area contributed by atoms with Gasteiger partial charge < -0.3 is 10.0 Å². The van der Waals surface area contributed by atoms with Crippen LogP contribution in [0.3, 0.4) is 0 Å². The average Bonchev–Trinajstić information content (AvgIpc) is 2.90. The van der Waals surface area contributed by atoms with Crippen molar-refractivity contribution in [1.29, 1.82) is 0 Å². The lowest BCUT2D eigenvalue weighted by Crippen LogP contribution is -2.41. The quantitative estimate of drug-likeness (QED) is 0.790. The second kappa shape index (κ2) is 7.35. The van der Waals surface area contributed by atoms with Crippen molar-refractivity contribution in [2.75, 3.05) is 19.6 Å². The molecule has 1 aromatic carbocycles. The van der Waals surface area contributed by atoms with E-state index in [1.165, 1.54) is 12.8 Å². The molecule has 118 valence electrons. The minimum absolute atomic E-state index is 0.0504. The molecule has 1 atom stereocenters. The zero-order valence-electron chi connectivity index (χ0n) is 12.5. The van der Waals surface area contributed by atoms with E-state index in [0.29, 0.717) is 5.56 Å². The number of aliphatic hydroxyl groups is 1. The van der Waals surface area contributed by atoms with E-state index in [0.717, 1.165) is 25.2 Å². The molecule has 0 bridgehead atoms. The minimum Gasteiger partial charge on any atom is -0.392 e. The van der Waals surface area contributed by atoms with E-state index >= 15 is 0 Å². The van der Waals surface area contributed by atoms with Gasteiger partial charge in [0, 0.05) is 12.6 Å². The summed E-state index contributed by atoms with van der Waals surface area (Å²) >= 11 is 0. The third-order valence-corrected chi connectivity index (χ3v) is 5.12. The predicted molar refractivity (Wildman–Crippen MR) is 83.3 cm³/mol. The lowest BCUT2D eigenvalue weighted by atomic mass is 10.1. The van der Waals surface area contributed by atoms with Gasteiger partial charge in [-0.1, -0.05) is 24.3 Å². The molecular formula is C15H24N2O3S. The molecule has 0 saturated carbocycles. The zero-order chi connectivity index (χ0) is 15.3. The van der Waals surface area contributed by atoms with Crippen molar-refractivity contribution in [3.8, 4) is 0 Å². The van der Waals surface area contributed by atoms with Crippen molar-refractivity contribution >= 4 is 10.0 Å². The molecule has 1 fully saturated rings. The Labute approximate surface area is 127 Å². The van der Waals surface area contributed by atoms with Crippen molar-refractivity contribution in [1.82, 2.24) is 9.62 Å². The Bertz CT molecular complexity index is 554. The lowest BCUT2D eigenvalue weighted by molar-refractivity contribution is 0.281. The van der Waals surface area contributed by atoms with Crippen LogP contribution in [0.4, 0.5) is 0 Å². The highest BCUT2D eigenvalue weighted by Gasteiger charge is 2.19. The minimum atomic E-state index is -3.36. The van der Waals surface area contributed by atoms with Gasteiger partial charge in [0.15, 0.2) is 0 Å². The Morgan fingerprint density at radius 1 is 1.29 bits per heavy atom. The van der Waals surface area contributed by atoms with Gasteiger partial charge >= 0.3 is 0 Å². The van der Waals surface area contributed by atoms with E-state index in [-0.39, 0.29) is 18.4 Å². The summed E-state index contributed by atoms with van der Waals surface area (Å²) in [6, 6.07) is 6.95. The molecule has 1 aliphatic rings. The van der Waals surface area contributed by atoms with E-state index in [1.807, 2.05) is 6.92 Å². The average molecular weight is 312 g/mol. The molecule has 0 spiro atoms. The molecule has 2 rings (SSSR count). The molecular weight excluding hydrogens is 288 g/mol. The van der Waals surface area contributed by atoms with E-state index < -0.39 is 10.0 Å². The van der Waals surface area contributed by atoms with Gasteiger partial charge in [0.25, 0.3) is 0 Å². The van der Waals surface area contributed by atoms with Gasteiger partial charge in [0.2, 0.25) is 10.0 Å². The SMILES string of the molecule is CC(CN1CCCC1)NS(=O)(=O)Cc1cccc(CO)c1. The van der Waals surface area contributed by atoms with Crippen LogP contribution >= 0.6 is 0 Å². The summed E-state index contributed by atoms with van der Waals surface area (Å²) in [4.78, 5) is 2.29. The van der Waals surface area contributed by atoms with Gasteiger partial charge in [-0.05, 0) is 44.0 Å². The van der Waals surface area contributed by atoms with Crippen LogP contribution in [0.25, 0.3) is 0 Å². The largest absolute Gasteiger partial charge is 0.392 e. The maximum absolute atomic E-state index is 12.2. The highest BCUT2D eigenvalue weighted by Crippen LogP contribution is 2.11. The van der Waals surface area contributed by atoms with Gasteiger partial charge in [0.1, 0.15) is 0 Å². The Morgan fingerprint density at radius 3 is 2.62 bits per heavy atom. The number of nitrogens with zero attached hydrogens (tertiary/aromatic N) is 1. The van der Waals surface area contributed by atoms with Crippen molar-refractivity contribution in [3.05, 3.63) is 35.4 Å². The molecule has 2 N–H and O–H groups in total. The lowest BCUT2D eigenvalue weighted by Gasteiger charge is -2.21. The topological polar surface area (TPSA) is 69.6 Å². The van der Waals surface area contributed by atoms with Gasteiger partial charge in [-0.2, -0.15) is 0 Å². The summed E-state index contributed by atoms with van der Waals surface area (Å²) in [5.41, 5.74) is 1.43. The van der Waals surface area contributed by atoms with Gasteiger partial charge in [-0.25, -0.2) is 13.1 Å². The fourth-order valence-corrected chi connectivity index (χ4v) is 4.16. The number of hydrogen-bond acceptors (Lipinski definition) is 4. The number of nitrogens with one attached hydrogen (secondary N) is 1. The zero-order valence-corrected chi connectivity index (χ0v) is 13.3. The second-order valence-corrected chi connectivity index (χ2v) is 7.52. The molecule has 21 heavy (non-hydrogen) atoms. The summed E-state index contributed by atoms with van der Waals surface area (Å²) in [7, 11) is -3.36. The second-order valence-electron chi connectivity index (χ2n) is 5.76. The molecule has 0 amide bonds. The Hall–Kier alpha value is -0.950. The fourth-order valence-electron chi connectivity index (χ4n) is 2.78. The van der Waals surface area contributed by atoms with E-state index in [2.05, 4.69) is 9.62 Å². The monoisotopic (exact) mass is 312 g/mol. The molecule has 0 aliphatic carbocycles. The normalized spacial score (nSPS) is 18.0. The number of sulfonamides is 1. The first-order valence-electron chi connectivity index (χ1n) is 7.39. The number of hydrogen-bond donors (Lipinski definition) is 2. The van der Waals surface area contributed by atoms with Crippen LogP contribution in [0.15, 0.2) is 24.3 Å². The van der Waals surface area contributed by atoms with Gasteiger partial charge in [0.05, 0.1) is 12.4 Å². The van der Waals surface area contributed by atoms with Crippen LogP contribution in [0.2, 0.25) is 0 Å². The van der Waals surface area contributed by atoms with Crippen LogP contribution in [-0.2, 0) is 22.4 Å². The Morgan fingerprint density at radius 2 is 1.95 bits per heavy atom. The predicted octanol–water partition coefficient (Wildman–Crippen LogP) is 1.08. The van der Waals surface area contributed by atoms with Crippen LogP contribution in [0.1, 0.15) is 30.9 Å². The summed E-state index contributed by atoms with van der Waals surface area (Å²) in [6.07, 6.45) is 2.40. The first-order chi connectivity index (χ1) is 9.98. The molecule has 1 aromatic rings. The maximum atomic E-state index is 12.2. The molecule has 0 radical (unpaired) electrons. The van der Waals surface area contributed by atoms with Crippen LogP contribution in [-0.4, -0.2) is 44.1 Å². The Kier molecular flexibility index (Phi) is 5.75. The van der Waals surface area contributed by atoms with Crippen LogP contribution < -0.4 is 4.72 Å². The summed E-state index contributed by atoms with van der Waals surface area (Å²) in [5.74, 6) is -0.0504. The highest BCUT2D eigenvalue weighted by atomic mass is 32.2. The first kappa shape index (κ1) is 16.4. The molecule has 1 heterocycles. The van der Waals surface area contributed by atoms with E-state index in [9.17, 15) is 8.42 Å². The van der Waals surface area contributed by atoms with Crippen molar-refractivity contribution in [2.24, 2.45) is 0 Å². The van der Waals surface area contributed by atoms with Crippen LogP contribution in [0, 0.1) is 0 Å². The van der Waals surface area contributed by atoms with Crippen LogP contribution in [0.5, 0.6) is 0 Å². The summed E-state index contributed by atoms with van der Waals surface area (Å²) in [5, 5.41) is 9.09. The number of benzene rings is 1. The molecule has 1 aliphatic heterocycles. The van der Waals surface area contributed by atoms with E-state index in [1.54, 1.807) is 24.3 Å². The standard InChI is InChI=1S/C15H24N2O3S/c1-13(10-17-7-2-3-8-17)16-21(19,20)12-15-6-4-5-14(9-15)11-18/h4-6,9,13,16,18H,2-3,7-8,10-12H2,1H3. The number of aliphatic hydroxyl groups excluding tert-OH is 1. The molecule has 0 aromatic heterocycles. The molecule has 1 saturated heterocycles. The third kappa shape index (κ3) is 5.39. The highest BCUT2D eigenvalue weighted by molar-refractivity contribution is 7.88. The van der Waals surface area contributed by atoms with Crippen molar-refractivity contribution in [2.45, 2.75) is 38.2 Å². The molecule has 5 nitrogen and oxygen atoms in total. The summed E-state index contributed by atoms with van der Waals surface area (Å²) in [6.45, 7) is 4.71. The smallest absolute Gasteiger partial charge is 0.216 e. The summed E-state index contributed by atoms with van der Waals surface area (Å²) < 4.78 is 27.1. The number of likely N-dealkylation sites (tertiary alicyclic amines) is 1. The van der Waals surface area contributed by atoms with Crippen molar-refractivity contribution < 1.29 is 13.5 Å². The maximum Gasteiger partial charge on any atom is 0.216 e. The molecule has 1 unspecified atom stereocenters. The van der Waals surface area contributed by atoms with Gasteiger partial charge in [-0.3, -0.25) is 0 Å². The van der Waals surface area contributed by atoms with Crippen molar-refractivity contribution in [3.63, 3.8) is 0 Å². The fraction of sp³-hybridized carbons (Fsp3) is 0.600. The van der Waals surface area contributed by atoms with E-state index in [4.69, 9.17) is 5.11 Å². The Balaban J connectivity index is 1.91. The van der Waals surface area contributed by atoms with Gasteiger partial charge in [-0.15, -0.1) is 0 Å². The third-order valence-electron chi connectivity index (χ3n) is 3.64. The molecule has 6 heteroatoms. The number of rotatable bonds is 7. The first-order valence-corrected chi connectivity index (χ1v) is 9.05.